The smallest absolute Gasteiger partial charge is 0.254 e. The molecule has 2 N–H and O–H groups in total. The van der Waals surface area contributed by atoms with E-state index in [4.69, 9.17) is 23.2 Å². The van der Waals surface area contributed by atoms with Crippen molar-refractivity contribution in [2.75, 3.05) is 6.54 Å². The number of rotatable bonds is 5. The second kappa shape index (κ2) is 6.98. The maximum Gasteiger partial charge on any atom is 0.254 e. The number of carbonyl (C=O) groups is 1. The Morgan fingerprint density at radius 2 is 1.89 bits per heavy atom. The van der Waals surface area contributed by atoms with Gasteiger partial charge < -0.3 is 10.4 Å². The van der Waals surface area contributed by atoms with E-state index in [0.29, 0.717) is 22.4 Å². The van der Waals surface area contributed by atoms with Crippen molar-refractivity contribution in [2.45, 2.75) is 26.4 Å². The summed E-state index contributed by atoms with van der Waals surface area (Å²) in [5, 5.41) is 12.9. The lowest BCUT2D eigenvalue weighted by Crippen LogP contribution is -2.33. The van der Waals surface area contributed by atoms with Crippen molar-refractivity contribution >= 4 is 29.1 Å². The highest BCUT2D eigenvalue weighted by Gasteiger charge is 2.15. The average molecular weight is 290 g/mol. The summed E-state index contributed by atoms with van der Waals surface area (Å²) in [7, 11) is 0. The summed E-state index contributed by atoms with van der Waals surface area (Å²) < 4.78 is 0. The van der Waals surface area contributed by atoms with Crippen molar-refractivity contribution in [1.82, 2.24) is 5.32 Å². The molecule has 0 fully saturated rings. The maximum absolute atomic E-state index is 11.9. The Hall–Kier alpha value is -0.770. The molecule has 1 aromatic carbocycles. The Balaban J connectivity index is 2.61. The van der Waals surface area contributed by atoms with Crippen LogP contribution in [0.4, 0.5) is 0 Å². The molecule has 3 nitrogen and oxygen atoms in total. The third-order valence-corrected chi connectivity index (χ3v) is 3.06. The highest BCUT2D eigenvalue weighted by molar-refractivity contribution is 6.39. The van der Waals surface area contributed by atoms with Crippen LogP contribution < -0.4 is 5.32 Å². The lowest BCUT2D eigenvalue weighted by atomic mass is 10.1. The molecule has 1 atom stereocenters. The second-order valence-corrected chi connectivity index (χ2v) is 5.40. The minimum Gasteiger partial charge on any atom is -0.391 e. The van der Waals surface area contributed by atoms with Crippen molar-refractivity contribution in [3.8, 4) is 0 Å². The molecule has 1 unspecified atom stereocenters. The summed E-state index contributed by atoms with van der Waals surface area (Å²) in [4.78, 5) is 11.9. The van der Waals surface area contributed by atoms with E-state index in [9.17, 15) is 9.90 Å². The molecule has 0 radical (unpaired) electrons. The first kappa shape index (κ1) is 15.3. The number of aliphatic hydroxyl groups is 1. The van der Waals surface area contributed by atoms with Crippen LogP contribution in [-0.2, 0) is 0 Å². The fourth-order valence-corrected chi connectivity index (χ4v) is 2.21. The van der Waals surface area contributed by atoms with Gasteiger partial charge in [-0.2, -0.15) is 0 Å². The standard InChI is InChI=1S/C13H17Cl2NO2/c1-8(2)6-9(17)7-16-13(18)12-10(14)4-3-5-11(12)15/h3-5,8-9,17H,6-7H2,1-2H3,(H,16,18). The van der Waals surface area contributed by atoms with Gasteiger partial charge in [-0.05, 0) is 24.5 Å². The first-order valence-corrected chi connectivity index (χ1v) is 6.57. The third kappa shape index (κ3) is 4.48. The van der Waals surface area contributed by atoms with Gasteiger partial charge in [0.25, 0.3) is 5.91 Å². The number of hydrogen-bond donors (Lipinski definition) is 2. The third-order valence-electron chi connectivity index (χ3n) is 2.43. The molecular weight excluding hydrogens is 273 g/mol. The summed E-state index contributed by atoms with van der Waals surface area (Å²) >= 11 is 11.8. The van der Waals surface area contributed by atoms with E-state index in [1.54, 1.807) is 18.2 Å². The molecule has 1 rings (SSSR count). The van der Waals surface area contributed by atoms with Crippen molar-refractivity contribution in [3.05, 3.63) is 33.8 Å². The van der Waals surface area contributed by atoms with Crippen LogP contribution in [0, 0.1) is 5.92 Å². The van der Waals surface area contributed by atoms with E-state index < -0.39 is 6.10 Å². The van der Waals surface area contributed by atoms with Gasteiger partial charge in [0, 0.05) is 6.54 Å². The Morgan fingerprint density at radius 3 is 2.39 bits per heavy atom. The van der Waals surface area contributed by atoms with Crippen LogP contribution in [0.3, 0.4) is 0 Å². The molecule has 0 saturated heterocycles. The van der Waals surface area contributed by atoms with Gasteiger partial charge in [0.05, 0.1) is 21.7 Å². The zero-order valence-electron chi connectivity index (χ0n) is 10.4. The molecule has 0 spiro atoms. The highest BCUT2D eigenvalue weighted by atomic mass is 35.5. The molecule has 18 heavy (non-hydrogen) atoms. The maximum atomic E-state index is 11.9. The van der Waals surface area contributed by atoms with Gasteiger partial charge >= 0.3 is 0 Å². The van der Waals surface area contributed by atoms with Gasteiger partial charge in [0.15, 0.2) is 0 Å². The van der Waals surface area contributed by atoms with E-state index in [1.807, 2.05) is 13.8 Å². The number of hydrogen-bond acceptors (Lipinski definition) is 2. The number of aliphatic hydroxyl groups excluding tert-OH is 1. The van der Waals surface area contributed by atoms with Gasteiger partial charge in [0.1, 0.15) is 0 Å². The van der Waals surface area contributed by atoms with Gasteiger partial charge in [-0.25, -0.2) is 0 Å². The highest BCUT2D eigenvalue weighted by Crippen LogP contribution is 2.23. The molecule has 0 heterocycles. The van der Waals surface area contributed by atoms with Gasteiger partial charge in [-0.15, -0.1) is 0 Å². The van der Waals surface area contributed by atoms with Crippen LogP contribution >= 0.6 is 23.2 Å². The van der Waals surface area contributed by atoms with E-state index in [1.165, 1.54) is 0 Å². The zero-order chi connectivity index (χ0) is 13.7. The van der Waals surface area contributed by atoms with Crippen LogP contribution in [-0.4, -0.2) is 23.7 Å². The van der Waals surface area contributed by atoms with Crippen LogP contribution in [0.5, 0.6) is 0 Å². The molecule has 100 valence electrons. The summed E-state index contributed by atoms with van der Waals surface area (Å²) in [6, 6.07) is 4.88. The molecule has 0 aromatic heterocycles. The van der Waals surface area contributed by atoms with Crippen LogP contribution in [0.25, 0.3) is 0 Å². The van der Waals surface area contributed by atoms with E-state index in [0.717, 1.165) is 0 Å². The SMILES string of the molecule is CC(C)CC(O)CNC(=O)c1c(Cl)cccc1Cl. The lowest BCUT2D eigenvalue weighted by molar-refractivity contribution is 0.0900. The predicted molar refractivity (Wildman–Crippen MR) is 74.3 cm³/mol. The van der Waals surface area contributed by atoms with E-state index >= 15 is 0 Å². The van der Waals surface area contributed by atoms with Gasteiger partial charge in [-0.1, -0.05) is 43.1 Å². The minimum absolute atomic E-state index is 0.193. The second-order valence-electron chi connectivity index (χ2n) is 4.59. The van der Waals surface area contributed by atoms with Crippen molar-refractivity contribution in [3.63, 3.8) is 0 Å². The normalized spacial score (nSPS) is 12.6. The molecular formula is C13H17Cl2NO2. The Bertz CT molecular complexity index is 401. The number of halogens is 2. The molecule has 1 amide bonds. The largest absolute Gasteiger partial charge is 0.391 e. The van der Waals surface area contributed by atoms with Crippen molar-refractivity contribution in [1.29, 1.82) is 0 Å². The monoisotopic (exact) mass is 289 g/mol. The van der Waals surface area contributed by atoms with Crippen LogP contribution in [0.15, 0.2) is 18.2 Å². The molecule has 0 aliphatic heterocycles. The van der Waals surface area contributed by atoms with Crippen molar-refractivity contribution < 1.29 is 9.90 Å². The minimum atomic E-state index is -0.560. The lowest BCUT2D eigenvalue weighted by Gasteiger charge is -2.14. The first-order valence-electron chi connectivity index (χ1n) is 5.82. The van der Waals surface area contributed by atoms with E-state index in [2.05, 4.69) is 5.32 Å². The zero-order valence-corrected chi connectivity index (χ0v) is 11.9. The van der Waals surface area contributed by atoms with Gasteiger partial charge in [0.2, 0.25) is 0 Å². The summed E-state index contributed by atoms with van der Waals surface area (Å²) in [6.07, 6.45) is 0.0755. The summed E-state index contributed by atoms with van der Waals surface area (Å²) in [5.74, 6) is 0.00853. The number of amides is 1. The summed E-state index contributed by atoms with van der Waals surface area (Å²) in [6.45, 7) is 4.21. The Morgan fingerprint density at radius 1 is 1.33 bits per heavy atom. The Labute approximate surface area is 117 Å². The number of nitrogens with one attached hydrogen (secondary N) is 1. The topological polar surface area (TPSA) is 49.3 Å². The summed E-state index contributed by atoms with van der Waals surface area (Å²) in [5.41, 5.74) is 0.248. The van der Waals surface area contributed by atoms with Gasteiger partial charge in [-0.3, -0.25) is 4.79 Å². The molecule has 0 aliphatic rings. The van der Waals surface area contributed by atoms with Crippen LogP contribution in [0.1, 0.15) is 30.6 Å². The number of benzene rings is 1. The number of carbonyl (C=O) groups excluding carboxylic acids is 1. The van der Waals surface area contributed by atoms with Crippen LogP contribution in [0.2, 0.25) is 10.0 Å². The van der Waals surface area contributed by atoms with Crippen molar-refractivity contribution in [2.24, 2.45) is 5.92 Å². The quantitative estimate of drug-likeness (QED) is 0.875. The average Bonchev–Trinajstić information content (AvgIpc) is 2.25. The molecule has 0 aliphatic carbocycles. The molecule has 5 heteroatoms. The first-order chi connectivity index (χ1) is 8.41. The predicted octanol–water partition coefficient (Wildman–Crippen LogP) is 3.13. The molecule has 0 saturated carbocycles. The molecule has 0 bridgehead atoms. The van der Waals surface area contributed by atoms with E-state index in [-0.39, 0.29) is 18.0 Å². The fraction of sp³-hybridized carbons (Fsp3) is 0.462. The Kier molecular flexibility index (Phi) is 5.93. The molecule has 1 aromatic rings. The fourth-order valence-electron chi connectivity index (χ4n) is 1.64.